The van der Waals surface area contributed by atoms with E-state index >= 15 is 0 Å². The third kappa shape index (κ3) is 5.69. The van der Waals surface area contributed by atoms with Crippen molar-refractivity contribution < 1.29 is 4.79 Å². The Bertz CT molecular complexity index is 765. The molecule has 1 saturated carbocycles. The van der Waals surface area contributed by atoms with Crippen molar-refractivity contribution in [2.24, 2.45) is 0 Å². The maximum Gasteiger partial charge on any atom is 0.224 e. The summed E-state index contributed by atoms with van der Waals surface area (Å²) in [6.07, 6.45) is 10.8. The molecule has 4 rings (SSSR count). The van der Waals surface area contributed by atoms with E-state index in [9.17, 15) is 4.79 Å². The number of carbonyl (C=O) groups is 1. The average Bonchev–Trinajstić information content (AvgIpc) is 2.83. The first-order valence-corrected chi connectivity index (χ1v) is 11.8. The van der Waals surface area contributed by atoms with E-state index in [0.717, 1.165) is 51.0 Å². The molecular formula is C26H35N3O. The van der Waals surface area contributed by atoms with E-state index in [-0.39, 0.29) is 0 Å². The first-order valence-electron chi connectivity index (χ1n) is 11.8. The van der Waals surface area contributed by atoms with E-state index in [2.05, 4.69) is 45.1 Å². The minimum absolute atomic E-state index is 0.300. The van der Waals surface area contributed by atoms with Crippen molar-refractivity contribution >= 4 is 5.91 Å². The van der Waals surface area contributed by atoms with Gasteiger partial charge in [-0.15, -0.1) is 0 Å². The number of likely N-dealkylation sites (tertiary alicyclic amines) is 1. The number of rotatable bonds is 7. The molecule has 1 amide bonds. The highest BCUT2D eigenvalue weighted by molar-refractivity contribution is 5.76. The molecule has 2 heterocycles. The summed E-state index contributed by atoms with van der Waals surface area (Å²) >= 11 is 0. The highest BCUT2D eigenvalue weighted by atomic mass is 16.2. The molecule has 2 aliphatic rings. The first-order chi connectivity index (χ1) is 14.8. The van der Waals surface area contributed by atoms with Crippen molar-refractivity contribution in [1.82, 2.24) is 14.8 Å². The summed E-state index contributed by atoms with van der Waals surface area (Å²) in [5.74, 6) is 0.928. The quantitative estimate of drug-likeness (QED) is 0.649. The Morgan fingerprint density at radius 3 is 2.37 bits per heavy atom. The summed E-state index contributed by atoms with van der Waals surface area (Å²) in [6.45, 7) is 3.84. The number of carbonyl (C=O) groups excluding carboxylic acids is 1. The van der Waals surface area contributed by atoms with E-state index in [1.54, 1.807) is 0 Å². The summed E-state index contributed by atoms with van der Waals surface area (Å²) < 4.78 is 0. The first kappa shape index (κ1) is 21.0. The van der Waals surface area contributed by atoms with Crippen LogP contribution in [0.15, 0.2) is 54.7 Å². The lowest BCUT2D eigenvalue weighted by Crippen LogP contribution is -2.43. The summed E-state index contributed by atoms with van der Waals surface area (Å²) in [6, 6.07) is 17.2. The topological polar surface area (TPSA) is 36.4 Å². The summed E-state index contributed by atoms with van der Waals surface area (Å²) in [4.78, 5) is 22.4. The van der Waals surface area contributed by atoms with Gasteiger partial charge in [0.2, 0.25) is 5.91 Å². The molecule has 4 heteroatoms. The molecule has 0 bridgehead atoms. The van der Waals surface area contributed by atoms with Crippen molar-refractivity contribution in [3.8, 4) is 0 Å². The average molecular weight is 406 g/mol. The van der Waals surface area contributed by atoms with Crippen LogP contribution < -0.4 is 0 Å². The zero-order chi connectivity index (χ0) is 20.6. The van der Waals surface area contributed by atoms with E-state index < -0.39 is 0 Å². The molecule has 4 nitrogen and oxygen atoms in total. The van der Waals surface area contributed by atoms with Crippen molar-refractivity contribution in [2.45, 2.75) is 69.9 Å². The van der Waals surface area contributed by atoms with Crippen LogP contribution in [-0.4, -0.2) is 46.4 Å². The number of piperidine rings is 1. The number of amides is 1. The van der Waals surface area contributed by atoms with Crippen LogP contribution in [0.5, 0.6) is 0 Å². The van der Waals surface area contributed by atoms with Crippen LogP contribution in [0, 0.1) is 0 Å². The molecule has 1 aliphatic carbocycles. The Balaban J connectivity index is 1.39. The second-order valence-electron chi connectivity index (χ2n) is 8.91. The Labute approximate surface area is 181 Å². The van der Waals surface area contributed by atoms with Crippen LogP contribution in [0.25, 0.3) is 0 Å². The number of pyridine rings is 1. The molecule has 2 aromatic rings. The highest BCUT2D eigenvalue weighted by Gasteiger charge is 2.30. The minimum atomic E-state index is 0.300. The van der Waals surface area contributed by atoms with Gasteiger partial charge >= 0.3 is 0 Å². The van der Waals surface area contributed by atoms with Gasteiger partial charge in [0.25, 0.3) is 0 Å². The molecule has 0 spiro atoms. The molecule has 1 aromatic heterocycles. The molecule has 0 N–H and O–H groups in total. The number of nitrogens with zero attached hydrogens (tertiary/aromatic N) is 3. The highest BCUT2D eigenvalue weighted by Crippen LogP contribution is 2.35. The zero-order valence-corrected chi connectivity index (χ0v) is 18.1. The Morgan fingerprint density at radius 2 is 1.67 bits per heavy atom. The van der Waals surface area contributed by atoms with Gasteiger partial charge in [0, 0.05) is 25.2 Å². The standard InChI is InChI=1S/C26H35N3O/c30-26(16-20-28-18-7-2-8-19-28)29(21-24-11-5-6-17-27-24)25-14-12-23(13-15-25)22-9-3-1-4-10-22/h1,3-6,9-11,17,23,25H,2,7-8,12-16,18-21H2. The SMILES string of the molecule is O=C(CCN1CCCCC1)N(Cc1ccccn1)C1CCC(c2ccccc2)CC1. The molecule has 30 heavy (non-hydrogen) atoms. The molecular weight excluding hydrogens is 370 g/mol. The minimum Gasteiger partial charge on any atom is -0.334 e. The number of hydrogen-bond acceptors (Lipinski definition) is 3. The second kappa shape index (κ2) is 10.7. The zero-order valence-electron chi connectivity index (χ0n) is 18.1. The second-order valence-corrected chi connectivity index (χ2v) is 8.91. The predicted octanol–water partition coefficient (Wildman–Crippen LogP) is 5.01. The lowest BCUT2D eigenvalue weighted by molar-refractivity contribution is -0.135. The van der Waals surface area contributed by atoms with Crippen LogP contribution in [0.2, 0.25) is 0 Å². The third-order valence-electron chi connectivity index (χ3n) is 6.88. The van der Waals surface area contributed by atoms with Crippen LogP contribution in [0.1, 0.15) is 68.5 Å². The van der Waals surface area contributed by atoms with Gasteiger partial charge in [-0.25, -0.2) is 0 Å². The maximum atomic E-state index is 13.3. The molecule has 160 valence electrons. The van der Waals surface area contributed by atoms with Crippen molar-refractivity contribution in [3.63, 3.8) is 0 Å². The molecule has 1 saturated heterocycles. The normalized spacial score (nSPS) is 22.5. The fraction of sp³-hybridized carbons (Fsp3) is 0.538. The molecule has 1 aromatic carbocycles. The van der Waals surface area contributed by atoms with Gasteiger partial charge in [0.15, 0.2) is 0 Å². The predicted molar refractivity (Wildman–Crippen MR) is 121 cm³/mol. The van der Waals surface area contributed by atoms with Gasteiger partial charge in [-0.3, -0.25) is 9.78 Å². The molecule has 0 radical (unpaired) electrons. The lowest BCUT2D eigenvalue weighted by Gasteiger charge is -2.37. The summed E-state index contributed by atoms with van der Waals surface area (Å²) in [5, 5.41) is 0. The van der Waals surface area contributed by atoms with Gasteiger partial charge < -0.3 is 9.80 Å². The van der Waals surface area contributed by atoms with Crippen LogP contribution in [0.3, 0.4) is 0 Å². The van der Waals surface area contributed by atoms with E-state index in [1.807, 2.05) is 24.4 Å². The molecule has 0 atom stereocenters. The Kier molecular flexibility index (Phi) is 7.52. The van der Waals surface area contributed by atoms with E-state index in [4.69, 9.17) is 0 Å². The lowest BCUT2D eigenvalue weighted by atomic mass is 9.81. The maximum absolute atomic E-state index is 13.3. The van der Waals surface area contributed by atoms with Gasteiger partial charge in [-0.05, 0) is 75.2 Å². The fourth-order valence-electron chi connectivity index (χ4n) is 5.11. The largest absolute Gasteiger partial charge is 0.334 e. The van der Waals surface area contributed by atoms with Gasteiger partial charge in [-0.2, -0.15) is 0 Å². The molecule has 2 fully saturated rings. The number of benzene rings is 1. The summed E-state index contributed by atoms with van der Waals surface area (Å²) in [7, 11) is 0. The monoisotopic (exact) mass is 405 g/mol. The molecule has 1 aliphatic heterocycles. The number of hydrogen-bond donors (Lipinski definition) is 0. The van der Waals surface area contributed by atoms with Gasteiger partial charge in [-0.1, -0.05) is 42.8 Å². The van der Waals surface area contributed by atoms with Crippen molar-refractivity contribution in [2.75, 3.05) is 19.6 Å². The Hall–Kier alpha value is -2.20. The van der Waals surface area contributed by atoms with Crippen LogP contribution in [0.4, 0.5) is 0 Å². The third-order valence-corrected chi connectivity index (χ3v) is 6.88. The molecule has 0 unspecified atom stereocenters. The van der Waals surface area contributed by atoms with Crippen molar-refractivity contribution in [3.05, 3.63) is 66.0 Å². The van der Waals surface area contributed by atoms with E-state index in [0.29, 0.717) is 30.8 Å². The van der Waals surface area contributed by atoms with E-state index in [1.165, 1.54) is 24.8 Å². The van der Waals surface area contributed by atoms with Gasteiger partial charge in [0.1, 0.15) is 0 Å². The smallest absolute Gasteiger partial charge is 0.224 e. The Morgan fingerprint density at radius 1 is 0.933 bits per heavy atom. The number of aromatic nitrogens is 1. The van der Waals surface area contributed by atoms with Crippen LogP contribution in [-0.2, 0) is 11.3 Å². The van der Waals surface area contributed by atoms with Gasteiger partial charge in [0.05, 0.1) is 12.2 Å². The summed E-state index contributed by atoms with van der Waals surface area (Å²) in [5.41, 5.74) is 2.44. The van der Waals surface area contributed by atoms with Crippen molar-refractivity contribution in [1.29, 1.82) is 0 Å². The van der Waals surface area contributed by atoms with Crippen LogP contribution >= 0.6 is 0 Å². The fourth-order valence-corrected chi connectivity index (χ4v) is 5.11.